The van der Waals surface area contributed by atoms with Crippen LogP contribution in [0.1, 0.15) is 62.9 Å². The predicted molar refractivity (Wildman–Crippen MR) is 189 cm³/mol. The highest BCUT2D eigenvalue weighted by Gasteiger charge is 2.40. The van der Waals surface area contributed by atoms with Crippen LogP contribution in [-0.4, -0.2) is 71.5 Å². The number of piperazine rings is 1. The zero-order valence-electron chi connectivity index (χ0n) is 27.0. The maximum absolute atomic E-state index is 13.2. The zero-order chi connectivity index (χ0) is 33.6. The predicted octanol–water partition coefficient (Wildman–Crippen LogP) is 5.55. The van der Waals surface area contributed by atoms with E-state index in [1.807, 2.05) is 24.3 Å². The van der Waals surface area contributed by atoms with Gasteiger partial charge in [0, 0.05) is 84.9 Å². The molecule has 0 radical (unpaired) electrons. The fourth-order valence-corrected chi connectivity index (χ4v) is 8.47. The molecule has 0 saturated carbocycles. The van der Waals surface area contributed by atoms with Gasteiger partial charge in [0.1, 0.15) is 17.5 Å². The summed E-state index contributed by atoms with van der Waals surface area (Å²) in [6, 6.07) is 28.2. The largest absolute Gasteiger partial charge is 0.508 e. The second-order valence-corrected chi connectivity index (χ2v) is 14.1. The lowest BCUT2D eigenvalue weighted by Gasteiger charge is -2.37. The Bertz CT molecular complexity index is 1930. The third kappa shape index (κ3) is 5.97. The van der Waals surface area contributed by atoms with E-state index < -0.39 is 11.9 Å². The number of halogens is 1. The minimum absolute atomic E-state index is 0.106. The molecule has 3 atom stereocenters. The smallest absolute Gasteiger partial charge is 0.255 e. The molecule has 4 aromatic carbocycles. The number of phenols is 1. The summed E-state index contributed by atoms with van der Waals surface area (Å²) in [6.07, 6.45) is 0.593. The van der Waals surface area contributed by atoms with Gasteiger partial charge in [0.25, 0.3) is 5.91 Å². The number of amides is 3. The molecule has 4 heterocycles. The van der Waals surface area contributed by atoms with Crippen LogP contribution < -0.4 is 15.0 Å². The van der Waals surface area contributed by atoms with Crippen LogP contribution in [0.15, 0.2) is 89.4 Å². The number of aromatic hydroxyl groups is 1. The molecule has 2 N–H and O–H groups in total. The summed E-state index contributed by atoms with van der Waals surface area (Å²) in [7, 11) is 0. The first-order valence-electron chi connectivity index (χ1n) is 16.9. The molecule has 0 bridgehead atoms. The molecule has 0 spiro atoms. The van der Waals surface area contributed by atoms with E-state index in [9.17, 15) is 19.5 Å². The summed E-state index contributed by atoms with van der Waals surface area (Å²) in [5.74, 6) is 0.372. The van der Waals surface area contributed by atoms with Crippen molar-refractivity contribution in [3.63, 3.8) is 0 Å². The van der Waals surface area contributed by atoms with Crippen molar-refractivity contribution in [2.45, 2.75) is 43.8 Å². The Morgan fingerprint density at radius 3 is 2.41 bits per heavy atom. The maximum atomic E-state index is 13.2. The fourth-order valence-electron chi connectivity index (χ4n) is 7.87. The molecule has 250 valence electrons. The second kappa shape index (κ2) is 13.0. The lowest BCUT2D eigenvalue weighted by atomic mass is 9.76. The minimum Gasteiger partial charge on any atom is -0.508 e. The van der Waals surface area contributed by atoms with Gasteiger partial charge in [0.15, 0.2) is 0 Å². The number of piperidine rings is 1. The number of benzene rings is 4. The van der Waals surface area contributed by atoms with Gasteiger partial charge in [-0.25, -0.2) is 0 Å². The number of fused-ring (bicyclic) bond motifs is 2. The molecule has 9 nitrogen and oxygen atoms in total. The molecule has 4 aromatic rings. The number of ether oxygens (including phenoxy) is 1. The molecule has 10 heteroatoms. The van der Waals surface area contributed by atoms with E-state index in [4.69, 9.17) is 4.74 Å². The molecule has 2 fully saturated rings. The lowest BCUT2D eigenvalue weighted by Crippen LogP contribution is -2.52. The zero-order valence-corrected chi connectivity index (χ0v) is 28.6. The summed E-state index contributed by atoms with van der Waals surface area (Å²) < 4.78 is 7.07. The van der Waals surface area contributed by atoms with E-state index in [2.05, 4.69) is 79.6 Å². The molecule has 3 amide bonds. The average Bonchev–Trinajstić information content (AvgIpc) is 3.46. The Morgan fingerprint density at radius 1 is 0.878 bits per heavy atom. The number of hydrogen-bond donors (Lipinski definition) is 2. The monoisotopic (exact) mass is 720 g/mol. The van der Waals surface area contributed by atoms with Crippen molar-refractivity contribution >= 4 is 39.3 Å². The average molecular weight is 722 g/mol. The standard InChI is InChI=1S/C39H37BrN4O5/c40-37-26(8-12-29-31(37)22-44(39(29)48)33-14-15-35(46)41-38(33)47)21-42-16-18-43(19-17-42)27-9-6-25(7-10-27)36-30-13-11-28(45)20-34(30)49-23-32(36)24-4-2-1-3-5-24/h1-13,20,32-33,36,45H,14-19,21-23H2,(H,41,46,47)/t32-,33?,36-/m1/s1. The maximum Gasteiger partial charge on any atom is 0.255 e. The van der Waals surface area contributed by atoms with Crippen LogP contribution in [-0.2, 0) is 22.7 Å². The van der Waals surface area contributed by atoms with Gasteiger partial charge >= 0.3 is 0 Å². The molecule has 4 aliphatic heterocycles. The second-order valence-electron chi connectivity index (χ2n) is 13.3. The van der Waals surface area contributed by atoms with Gasteiger partial charge in [0.05, 0.1) is 6.61 Å². The van der Waals surface area contributed by atoms with Gasteiger partial charge in [-0.1, -0.05) is 70.5 Å². The number of phenolic OH excluding ortho intramolecular Hbond substituents is 1. The van der Waals surface area contributed by atoms with Crippen molar-refractivity contribution < 1.29 is 24.2 Å². The molecule has 8 rings (SSSR count). The van der Waals surface area contributed by atoms with E-state index in [0.717, 1.165) is 59.6 Å². The molecule has 4 aliphatic rings. The Balaban J connectivity index is 0.934. The fraction of sp³-hybridized carbons (Fsp3) is 0.308. The highest BCUT2D eigenvalue weighted by Crippen LogP contribution is 2.47. The third-order valence-electron chi connectivity index (χ3n) is 10.5. The SMILES string of the molecule is O=C1CCC(N2Cc3c(ccc(CN4CCN(c5ccc([C@@H]6c7ccc(O)cc7OC[C@@H]6c6ccccc6)cc5)CC4)c3Br)C2=O)C(=O)N1. The van der Waals surface area contributed by atoms with Crippen molar-refractivity contribution in [1.82, 2.24) is 15.1 Å². The van der Waals surface area contributed by atoms with Crippen LogP contribution >= 0.6 is 15.9 Å². The van der Waals surface area contributed by atoms with Gasteiger partial charge in [-0.2, -0.15) is 0 Å². The minimum atomic E-state index is -0.623. The van der Waals surface area contributed by atoms with Crippen molar-refractivity contribution in [2.75, 3.05) is 37.7 Å². The topological polar surface area (TPSA) is 102 Å². The van der Waals surface area contributed by atoms with Crippen molar-refractivity contribution in [3.8, 4) is 11.5 Å². The van der Waals surface area contributed by atoms with Gasteiger partial charge in [-0.05, 0) is 52.9 Å². The quantitative estimate of drug-likeness (QED) is 0.252. The Labute approximate surface area is 293 Å². The summed E-state index contributed by atoms with van der Waals surface area (Å²) in [6.45, 7) is 5.26. The van der Waals surface area contributed by atoms with Gasteiger partial charge < -0.3 is 19.6 Å². The van der Waals surface area contributed by atoms with E-state index in [0.29, 0.717) is 25.1 Å². The van der Waals surface area contributed by atoms with Gasteiger partial charge in [-0.15, -0.1) is 0 Å². The van der Waals surface area contributed by atoms with E-state index in [1.165, 1.54) is 16.8 Å². The molecular weight excluding hydrogens is 684 g/mol. The highest BCUT2D eigenvalue weighted by molar-refractivity contribution is 9.10. The van der Waals surface area contributed by atoms with Crippen LogP contribution in [0.2, 0.25) is 0 Å². The molecule has 49 heavy (non-hydrogen) atoms. The van der Waals surface area contributed by atoms with Crippen LogP contribution in [0, 0.1) is 0 Å². The van der Waals surface area contributed by atoms with Gasteiger partial charge in [0.2, 0.25) is 11.8 Å². The Hall–Kier alpha value is -4.67. The molecular formula is C39H37BrN4O5. The number of carbonyl (C=O) groups excluding carboxylic acids is 3. The summed E-state index contributed by atoms with van der Waals surface area (Å²) in [5, 5.41) is 12.5. The summed E-state index contributed by atoms with van der Waals surface area (Å²) in [5.41, 5.74) is 7.39. The third-order valence-corrected chi connectivity index (χ3v) is 11.5. The first kappa shape index (κ1) is 31.6. The van der Waals surface area contributed by atoms with Gasteiger partial charge in [-0.3, -0.25) is 24.6 Å². The van der Waals surface area contributed by atoms with Crippen LogP contribution in [0.25, 0.3) is 0 Å². The van der Waals surface area contributed by atoms with Crippen LogP contribution in [0.4, 0.5) is 5.69 Å². The van der Waals surface area contributed by atoms with Crippen molar-refractivity contribution in [2.24, 2.45) is 0 Å². The Morgan fingerprint density at radius 2 is 1.65 bits per heavy atom. The van der Waals surface area contributed by atoms with Crippen molar-refractivity contribution in [3.05, 3.63) is 123 Å². The number of anilines is 1. The number of hydrogen-bond acceptors (Lipinski definition) is 7. The van der Waals surface area contributed by atoms with Crippen molar-refractivity contribution in [1.29, 1.82) is 0 Å². The molecule has 1 unspecified atom stereocenters. The normalized spacial score (nSPS) is 22.4. The van der Waals surface area contributed by atoms with E-state index in [1.54, 1.807) is 17.0 Å². The molecule has 2 saturated heterocycles. The first-order valence-corrected chi connectivity index (χ1v) is 17.7. The van der Waals surface area contributed by atoms with E-state index in [-0.39, 0.29) is 35.8 Å². The summed E-state index contributed by atoms with van der Waals surface area (Å²) >= 11 is 3.79. The Kier molecular flexibility index (Phi) is 8.37. The van der Waals surface area contributed by atoms with Crippen LogP contribution in [0.5, 0.6) is 11.5 Å². The first-order chi connectivity index (χ1) is 23.8. The number of carbonyl (C=O) groups is 3. The molecule has 0 aromatic heterocycles. The lowest BCUT2D eigenvalue weighted by molar-refractivity contribution is -0.136. The number of nitrogens with one attached hydrogen (secondary N) is 1. The van der Waals surface area contributed by atoms with E-state index >= 15 is 0 Å². The number of imide groups is 1. The highest BCUT2D eigenvalue weighted by atomic mass is 79.9. The van der Waals surface area contributed by atoms with Crippen LogP contribution in [0.3, 0.4) is 0 Å². The number of nitrogens with zero attached hydrogens (tertiary/aromatic N) is 3. The number of rotatable bonds is 6. The molecule has 0 aliphatic carbocycles. The summed E-state index contributed by atoms with van der Waals surface area (Å²) in [4.78, 5) is 43.8.